The van der Waals surface area contributed by atoms with Crippen LogP contribution in [0.25, 0.3) is 0 Å². The quantitative estimate of drug-likeness (QED) is 0.743. The number of aliphatic hydroxyl groups is 1. The molecule has 1 rings (SSSR count). The highest BCUT2D eigenvalue weighted by molar-refractivity contribution is 7.10. The SMILES string of the molecule is C=CCCC(O)c1sccc1Cl. The Morgan fingerprint density at radius 2 is 2.50 bits per heavy atom. The molecule has 0 spiro atoms. The fraction of sp³-hybridized carbons (Fsp3) is 0.333. The van der Waals surface area contributed by atoms with Crippen molar-refractivity contribution in [2.45, 2.75) is 18.9 Å². The third kappa shape index (κ3) is 2.34. The van der Waals surface area contributed by atoms with Crippen LogP contribution in [0, 0.1) is 0 Å². The van der Waals surface area contributed by atoms with Gasteiger partial charge in [-0.3, -0.25) is 0 Å². The highest BCUT2D eigenvalue weighted by Gasteiger charge is 2.11. The molecule has 1 aromatic rings. The lowest BCUT2D eigenvalue weighted by molar-refractivity contribution is 0.172. The van der Waals surface area contributed by atoms with Gasteiger partial charge in [-0.15, -0.1) is 17.9 Å². The second-order valence-corrected chi connectivity index (χ2v) is 3.87. The molecule has 0 saturated heterocycles. The first kappa shape index (κ1) is 9.78. The van der Waals surface area contributed by atoms with Crippen molar-refractivity contribution in [1.82, 2.24) is 0 Å². The van der Waals surface area contributed by atoms with Crippen molar-refractivity contribution in [3.05, 3.63) is 34.0 Å². The van der Waals surface area contributed by atoms with E-state index in [-0.39, 0.29) is 0 Å². The van der Waals surface area contributed by atoms with Gasteiger partial charge in [0.1, 0.15) is 0 Å². The molecule has 3 heteroatoms. The van der Waals surface area contributed by atoms with Crippen LogP contribution in [0.15, 0.2) is 24.1 Å². The van der Waals surface area contributed by atoms with Gasteiger partial charge in [-0.05, 0) is 24.3 Å². The van der Waals surface area contributed by atoms with Crippen molar-refractivity contribution in [3.8, 4) is 0 Å². The maximum Gasteiger partial charge on any atom is 0.0899 e. The van der Waals surface area contributed by atoms with Gasteiger partial charge in [0.25, 0.3) is 0 Å². The minimum atomic E-state index is -0.435. The molecule has 0 aromatic carbocycles. The Hall–Kier alpha value is -0.310. The molecule has 0 aliphatic carbocycles. The molecule has 0 fully saturated rings. The van der Waals surface area contributed by atoms with Gasteiger partial charge < -0.3 is 5.11 Å². The first-order chi connectivity index (χ1) is 5.75. The predicted molar refractivity (Wildman–Crippen MR) is 53.7 cm³/mol. The smallest absolute Gasteiger partial charge is 0.0899 e. The predicted octanol–water partition coefficient (Wildman–Crippen LogP) is 3.40. The number of rotatable bonds is 4. The molecule has 0 radical (unpaired) electrons. The van der Waals surface area contributed by atoms with Gasteiger partial charge in [-0.2, -0.15) is 0 Å². The van der Waals surface area contributed by atoms with E-state index in [4.69, 9.17) is 11.6 Å². The van der Waals surface area contributed by atoms with E-state index in [1.165, 1.54) is 11.3 Å². The van der Waals surface area contributed by atoms with Gasteiger partial charge in [0, 0.05) is 0 Å². The standard InChI is InChI=1S/C9H11ClOS/c1-2-3-4-8(11)9-7(10)5-6-12-9/h2,5-6,8,11H,1,3-4H2. The molecule has 1 heterocycles. The van der Waals surface area contributed by atoms with Crippen LogP contribution in [-0.4, -0.2) is 5.11 Å². The zero-order valence-electron chi connectivity index (χ0n) is 6.66. The highest BCUT2D eigenvalue weighted by atomic mass is 35.5. The first-order valence-corrected chi connectivity index (χ1v) is 5.03. The molecular formula is C9H11ClOS. The first-order valence-electron chi connectivity index (χ1n) is 3.77. The minimum absolute atomic E-state index is 0.435. The van der Waals surface area contributed by atoms with Crippen LogP contribution in [0.2, 0.25) is 5.02 Å². The van der Waals surface area contributed by atoms with Crippen molar-refractivity contribution < 1.29 is 5.11 Å². The van der Waals surface area contributed by atoms with Gasteiger partial charge in [-0.25, -0.2) is 0 Å². The molecule has 12 heavy (non-hydrogen) atoms. The van der Waals surface area contributed by atoms with Gasteiger partial charge in [-0.1, -0.05) is 17.7 Å². The Bertz CT molecular complexity index is 257. The summed E-state index contributed by atoms with van der Waals surface area (Å²) in [5.74, 6) is 0. The number of hydrogen-bond acceptors (Lipinski definition) is 2. The maximum absolute atomic E-state index is 9.60. The number of thiophene rings is 1. The summed E-state index contributed by atoms with van der Waals surface area (Å²) in [5, 5.41) is 12.1. The van der Waals surface area contributed by atoms with Gasteiger partial charge >= 0.3 is 0 Å². The zero-order valence-corrected chi connectivity index (χ0v) is 8.24. The Labute approximate surface area is 81.3 Å². The summed E-state index contributed by atoms with van der Waals surface area (Å²) in [4.78, 5) is 0.860. The maximum atomic E-state index is 9.60. The van der Waals surface area contributed by atoms with E-state index in [2.05, 4.69) is 6.58 Å². The van der Waals surface area contributed by atoms with Crippen LogP contribution in [0.4, 0.5) is 0 Å². The van der Waals surface area contributed by atoms with Gasteiger partial charge in [0.2, 0.25) is 0 Å². The zero-order chi connectivity index (χ0) is 8.97. The van der Waals surface area contributed by atoms with Crippen molar-refractivity contribution in [1.29, 1.82) is 0 Å². The molecule has 1 nitrogen and oxygen atoms in total. The lowest BCUT2D eigenvalue weighted by Gasteiger charge is -2.06. The van der Waals surface area contributed by atoms with Gasteiger partial charge in [0.05, 0.1) is 16.0 Å². The van der Waals surface area contributed by atoms with E-state index in [9.17, 15) is 5.11 Å². The van der Waals surface area contributed by atoms with Crippen molar-refractivity contribution >= 4 is 22.9 Å². The van der Waals surface area contributed by atoms with Crippen LogP contribution in [-0.2, 0) is 0 Å². The van der Waals surface area contributed by atoms with E-state index in [1.807, 2.05) is 5.38 Å². The summed E-state index contributed by atoms with van der Waals surface area (Å²) < 4.78 is 0. The Morgan fingerprint density at radius 3 is 3.00 bits per heavy atom. The molecule has 1 unspecified atom stereocenters. The average Bonchev–Trinajstić information content (AvgIpc) is 2.47. The van der Waals surface area contributed by atoms with Crippen molar-refractivity contribution in [2.75, 3.05) is 0 Å². The average molecular weight is 203 g/mol. The van der Waals surface area contributed by atoms with E-state index in [0.29, 0.717) is 11.4 Å². The van der Waals surface area contributed by atoms with Crippen LogP contribution in [0.3, 0.4) is 0 Å². The fourth-order valence-corrected chi connectivity index (χ4v) is 2.15. The summed E-state index contributed by atoms with van der Waals surface area (Å²) in [7, 11) is 0. The molecule has 1 aromatic heterocycles. The van der Waals surface area contributed by atoms with E-state index >= 15 is 0 Å². The summed E-state index contributed by atoms with van der Waals surface area (Å²) in [6.07, 6.45) is 2.87. The van der Waals surface area contributed by atoms with Crippen LogP contribution < -0.4 is 0 Å². The normalized spacial score (nSPS) is 12.8. The van der Waals surface area contributed by atoms with Crippen LogP contribution in [0.5, 0.6) is 0 Å². The molecule has 66 valence electrons. The van der Waals surface area contributed by atoms with E-state index in [1.54, 1.807) is 12.1 Å². The highest BCUT2D eigenvalue weighted by Crippen LogP contribution is 2.30. The lowest BCUT2D eigenvalue weighted by Crippen LogP contribution is -1.93. The molecule has 0 aliphatic heterocycles. The molecule has 1 N–H and O–H groups in total. The second-order valence-electron chi connectivity index (χ2n) is 2.51. The summed E-state index contributed by atoms with van der Waals surface area (Å²) in [5.41, 5.74) is 0. The minimum Gasteiger partial charge on any atom is -0.388 e. The molecule has 0 bridgehead atoms. The Kier molecular flexibility index (Phi) is 3.79. The lowest BCUT2D eigenvalue weighted by atomic mass is 10.2. The molecule has 0 saturated carbocycles. The largest absolute Gasteiger partial charge is 0.388 e. The molecule has 0 aliphatic rings. The number of aliphatic hydroxyl groups excluding tert-OH is 1. The molecule has 1 atom stereocenters. The summed E-state index contributed by atoms with van der Waals surface area (Å²) in [6, 6.07) is 1.80. The Balaban J connectivity index is 2.58. The fourth-order valence-electron chi connectivity index (χ4n) is 0.950. The topological polar surface area (TPSA) is 20.2 Å². The third-order valence-corrected chi connectivity index (χ3v) is 3.05. The van der Waals surface area contributed by atoms with Crippen molar-refractivity contribution in [2.24, 2.45) is 0 Å². The van der Waals surface area contributed by atoms with Crippen LogP contribution in [0.1, 0.15) is 23.8 Å². The second kappa shape index (κ2) is 4.65. The third-order valence-electron chi connectivity index (χ3n) is 1.59. The summed E-state index contributed by atoms with van der Waals surface area (Å²) >= 11 is 7.33. The van der Waals surface area contributed by atoms with Crippen LogP contribution >= 0.6 is 22.9 Å². The monoisotopic (exact) mass is 202 g/mol. The van der Waals surface area contributed by atoms with Crippen molar-refractivity contribution in [3.63, 3.8) is 0 Å². The van der Waals surface area contributed by atoms with Gasteiger partial charge in [0.15, 0.2) is 0 Å². The number of halogens is 1. The number of allylic oxidation sites excluding steroid dienone is 1. The van der Waals surface area contributed by atoms with E-state index in [0.717, 1.165) is 11.3 Å². The van der Waals surface area contributed by atoms with E-state index < -0.39 is 6.10 Å². The Morgan fingerprint density at radius 1 is 1.75 bits per heavy atom. The number of hydrogen-bond donors (Lipinski definition) is 1. The molecule has 0 amide bonds. The molecular weight excluding hydrogens is 192 g/mol. The summed E-state index contributed by atoms with van der Waals surface area (Å²) in [6.45, 7) is 3.60.